The zero-order valence-corrected chi connectivity index (χ0v) is 14.3. The predicted molar refractivity (Wildman–Crippen MR) is 88.2 cm³/mol. The number of carbonyl (C=O) groups is 1. The molecule has 0 aromatic heterocycles. The Hall–Kier alpha value is -1.36. The van der Waals surface area contributed by atoms with E-state index in [1.165, 1.54) is 0 Å². The Bertz CT molecular complexity index is 613. The van der Waals surface area contributed by atoms with Crippen LogP contribution in [0.25, 0.3) is 0 Å². The summed E-state index contributed by atoms with van der Waals surface area (Å²) in [6.45, 7) is 0. The fourth-order valence-electron chi connectivity index (χ4n) is 1.54. The molecule has 0 radical (unpaired) electrons. The Kier molecular flexibility index (Phi) is 8.05. The van der Waals surface area contributed by atoms with Gasteiger partial charge in [0, 0.05) is 17.1 Å². The zero-order chi connectivity index (χ0) is 14.2. The maximum absolute atomic E-state index is 11.7. The average Bonchev–Trinajstić information content (AvgIpc) is 3.13. The largest absolute Gasteiger partial charge is 0.432 e. The van der Waals surface area contributed by atoms with E-state index >= 15 is 0 Å². The molecule has 0 aliphatic heterocycles. The number of rotatable bonds is 2. The van der Waals surface area contributed by atoms with Crippen LogP contribution in [0.3, 0.4) is 0 Å². The van der Waals surface area contributed by atoms with Crippen LogP contribution in [0.4, 0.5) is 0 Å². The topological polar surface area (TPSA) is 26.3 Å². The van der Waals surface area contributed by atoms with Gasteiger partial charge in [0.25, 0.3) is 5.97 Å². The van der Waals surface area contributed by atoms with E-state index in [-0.39, 0.29) is 23.0 Å². The van der Waals surface area contributed by atoms with E-state index in [1.807, 2.05) is 60.7 Å². The van der Waals surface area contributed by atoms with Gasteiger partial charge < -0.3 is 4.74 Å². The van der Waals surface area contributed by atoms with E-state index in [0.29, 0.717) is 11.3 Å². The van der Waals surface area contributed by atoms with Crippen molar-refractivity contribution < 1.29 is 26.6 Å². The minimum absolute atomic E-state index is 0. The molecule has 0 spiro atoms. The molecule has 2 nitrogen and oxygen atoms in total. The summed E-state index contributed by atoms with van der Waals surface area (Å²) in [4.78, 5) is 11.7. The number of carbonyl (C=O) groups excluding carboxylic acids is 1. The fraction of sp³-hybridized carbons (Fsp3) is 0. The average molecular weight is 432 g/mol. The summed E-state index contributed by atoms with van der Waals surface area (Å²) < 4.78 is 6.11. The van der Waals surface area contributed by atoms with Crippen molar-refractivity contribution in [3.8, 4) is 5.75 Å². The van der Waals surface area contributed by atoms with Crippen LogP contribution >= 0.6 is 22.6 Å². The molecular formula is C17H13FeIO2-2. The van der Waals surface area contributed by atoms with Crippen molar-refractivity contribution in [3.63, 3.8) is 0 Å². The van der Waals surface area contributed by atoms with Crippen molar-refractivity contribution in [3.05, 3.63) is 88.0 Å². The molecule has 0 saturated carbocycles. The predicted octanol–water partition coefficient (Wildman–Crippen LogP) is 4.63. The quantitative estimate of drug-likeness (QED) is 0.194. The molecule has 0 aliphatic carbocycles. The summed E-state index contributed by atoms with van der Waals surface area (Å²) in [6, 6.07) is 24.5. The van der Waals surface area contributed by atoms with E-state index in [0.717, 1.165) is 3.57 Å². The summed E-state index contributed by atoms with van der Waals surface area (Å²) in [5.74, 6) is 0.259. The van der Waals surface area contributed by atoms with E-state index in [4.69, 9.17) is 4.74 Å². The molecule has 3 aromatic rings. The summed E-state index contributed by atoms with van der Waals surface area (Å²) in [5.41, 5.74) is 0.611. The second-order valence-corrected chi connectivity index (χ2v) is 5.11. The van der Waals surface area contributed by atoms with Gasteiger partial charge in [-0.1, -0.05) is 44.4 Å². The van der Waals surface area contributed by atoms with Crippen molar-refractivity contribution in [1.29, 1.82) is 0 Å². The summed E-state index contributed by atoms with van der Waals surface area (Å²) in [6.07, 6.45) is 0. The molecule has 21 heavy (non-hydrogen) atoms. The Morgan fingerprint density at radius 1 is 1.00 bits per heavy atom. The summed E-state index contributed by atoms with van der Waals surface area (Å²) in [5, 5.41) is 0. The third-order valence-corrected chi connectivity index (χ3v) is 3.43. The van der Waals surface area contributed by atoms with Crippen LogP contribution in [0.15, 0.2) is 78.9 Å². The Morgan fingerprint density at radius 2 is 1.67 bits per heavy atom. The second-order valence-electron chi connectivity index (χ2n) is 3.95. The maximum atomic E-state index is 11.7. The van der Waals surface area contributed by atoms with Gasteiger partial charge in [0.1, 0.15) is 5.75 Å². The first-order valence-electron chi connectivity index (χ1n) is 6.12. The van der Waals surface area contributed by atoms with Gasteiger partial charge in [0.05, 0.1) is 0 Å². The first-order chi connectivity index (χ1) is 9.77. The molecule has 0 fully saturated rings. The molecule has 0 unspecified atom stereocenters. The molecule has 4 heteroatoms. The van der Waals surface area contributed by atoms with Crippen LogP contribution in [0.1, 0.15) is 10.4 Å². The van der Waals surface area contributed by atoms with Gasteiger partial charge in [-0.15, -0.1) is 0 Å². The second kappa shape index (κ2) is 9.55. The molecule has 0 saturated heterocycles. The maximum Gasteiger partial charge on any atom is 0.287 e. The van der Waals surface area contributed by atoms with E-state index in [2.05, 4.69) is 22.6 Å². The zero-order valence-electron chi connectivity index (χ0n) is 11.1. The summed E-state index contributed by atoms with van der Waals surface area (Å²) in [7, 11) is 0. The minimum Gasteiger partial charge on any atom is -0.432 e. The normalized spacial score (nSPS) is 9.00. The van der Waals surface area contributed by atoms with Crippen molar-refractivity contribution in [2.75, 3.05) is 0 Å². The molecule has 0 N–H and O–H groups in total. The van der Waals surface area contributed by atoms with Crippen LogP contribution < -0.4 is 4.74 Å². The molecule has 0 amide bonds. The Labute approximate surface area is 148 Å². The van der Waals surface area contributed by atoms with Gasteiger partial charge in [-0.3, -0.25) is 4.79 Å². The minimum atomic E-state index is -0.310. The standard InChI is InChI=1S/C12H8IO2.C5H5.Fe/c13-11-8-4-7-10(11)12(14)15-9-5-2-1-3-6-9;1-2-4-5-3-1;/h1-8H;1-5H;/q2*-1;. The van der Waals surface area contributed by atoms with Gasteiger partial charge in [-0.05, 0) is 17.7 Å². The van der Waals surface area contributed by atoms with Gasteiger partial charge >= 0.3 is 0 Å². The number of hydrogen-bond acceptors (Lipinski definition) is 2. The molecule has 0 bridgehead atoms. The third-order valence-electron chi connectivity index (χ3n) is 2.49. The third kappa shape index (κ3) is 5.87. The first-order valence-corrected chi connectivity index (χ1v) is 7.20. The van der Waals surface area contributed by atoms with Gasteiger partial charge in [0.2, 0.25) is 0 Å². The van der Waals surface area contributed by atoms with E-state index in [9.17, 15) is 4.79 Å². The number of benzene rings is 1. The smallest absolute Gasteiger partial charge is 0.287 e. The van der Waals surface area contributed by atoms with Gasteiger partial charge in [-0.2, -0.15) is 30.3 Å². The number of halogens is 1. The Balaban J connectivity index is 0.000000313. The van der Waals surface area contributed by atoms with E-state index < -0.39 is 0 Å². The van der Waals surface area contributed by atoms with Crippen molar-refractivity contribution in [2.45, 2.75) is 0 Å². The molecule has 3 aromatic carbocycles. The van der Waals surface area contributed by atoms with Crippen molar-refractivity contribution in [1.82, 2.24) is 0 Å². The van der Waals surface area contributed by atoms with Crippen molar-refractivity contribution >= 4 is 28.6 Å². The van der Waals surface area contributed by atoms with Gasteiger partial charge in [-0.25, -0.2) is 18.2 Å². The molecule has 0 aliphatic rings. The molecular weight excluding hydrogens is 419 g/mol. The van der Waals surface area contributed by atoms with E-state index in [1.54, 1.807) is 18.2 Å². The number of hydrogen-bond donors (Lipinski definition) is 0. The molecule has 3 rings (SSSR count). The first kappa shape index (κ1) is 17.7. The monoisotopic (exact) mass is 432 g/mol. The molecule has 110 valence electrons. The molecule has 0 atom stereocenters. The number of esters is 1. The van der Waals surface area contributed by atoms with Crippen LogP contribution in [0.2, 0.25) is 0 Å². The Morgan fingerprint density at radius 3 is 2.14 bits per heavy atom. The summed E-state index contributed by atoms with van der Waals surface area (Å²) >= 11 is 2.11. The van der Waals surface area contributed by atoms with Gasteiger partial charge in [0.15, 0.2) is 0 Å². The van der Waals surface area contributed by atoms with Crippen LogP contribution in [0, 0.1) is 3.57 Å². The van der Waals surface area contributed by atoms with Crippen molar-refractivity contribution in [2.24, 2.45) is 0 Å². The van der Waals surface area contributed by atoms with Crippen LogP contribution in [0.5, 0.6) is 5.75 Å². The van der Waals surface area contributed by atoms with Crippen LogP contribution in [-0.4, -0.2) is 5.97 Å². The number of ether oxygens (including phenoxy) is 1. The van der Waals surface area contributed by atoms with Crippen LogP contribution in [-0.2, 0) is 17.1 Å². The SMILES string of the molecule is O=C(Oc1ccccc1)[c-]1cccc1I.[Fe].c1cc[cH-]c1. The fourth-order valence-corrected chi connectivity index (χ4v) is 2.14. The molecule has 0 heterocycles. The number of para-hydroxylation sites is 1.